The van der Waals surface area contributed by atoms with Gasteiger partial charge in [-0.15, -0.1) is 11.3 Å². The van der Waals surface area contributed by atoms with Crippen LogP contribution in [0, 0.1) is 0 Å². The molecule has 1 aliphatic heterocycles. The zero-order valence-corrected chi connectivity index (χ0v) is 22.6. The minimum Gasteiger partial charge on any atom is -0.450 e. The maximum Gasteiger partial charge on any atom is 0.347 e. The second-order valence-corrected chi connectivity index (χ2v) is 13.5. The number of sulfone groups is 1. The van der Waals surface area contributed by atoms with Gasteiger partial charge in [0.25, 0.3) is 15.9 Å². The van der Waals surface area contributed by atoms with E-state index in [0.717, 1.165) is 6.92 Å². The van der Waals surface area contributed by atoms with Gasteiger partial charge >= 0.3 is 11.9 Å². The molecule has 0 fully saturated rings. The number of hydrogen-bond donors (Lipinski definition) is 2. The first-order valence-electron chi connectivity index (χ1n) is 10.8. The molecule has 0 saturated carbocycles. The predicted molar refractivity (Wildman–Crippen MR) is 125 cm³/mol. The number of nitrogens with one attached hydrogen (secondary N) is 2. The molecule has 2 N–H and O–H groups in total. The van der Waals surface area contributed by atoms with Crippen LogP contribution in [0.4, 0.5) is 0 Å². The zero-order valence-electron chi connectivity index (χ0n) is 20.2. The van der Waals surface area contributed by atoms with E-state index in [1.165, 1.54) is 27.0 Å². The van der Waals surface area contributed by atoms with Gasteiger partial charge in [0.05, 0.1) is 5.25 Å². The smallest absolute Gasteiger partial charge is 0.347 e. The van der Waals surface area contributed by atoms with Crippen LogP contribution in [-0.2, 0) is 48.5 Å². The van der Waals surface area contributed by atoms with Gasteiger partial charge < -0.3 is 19.5 Å². The summed E-state index contributed by atoms with van der Waals surface area (Å²) in [5.74, 6) is -3.05. The molecule has 12 nitrogen and oxygen atoms in total. The number of ether oxygens (including phenoxy) is 3. The maximum atomic E-state index is 12.8. The SMILES string of the molecule is CCN[C@H]1C[C@H](C)S(=O)(=O)c2sc(S(=O)(=O)NC(=O)C(C)OC(=O)C(C)OC(=O)C(C)OC)cc21. The number of thiophene rings is 1. The van der Waals surface area contributed by atoms with Crippen LogP contribution in [0.1, 0.15) is 52.6 Å². The third-order valence-corrected chi connectivity index (χ3v) is 11.1. The summed E-state index contributed by atoms with van der Waals surface area (Å²) in [4.78, 5) is 36.3. The third kappa shape index (κ3) is 6.58. The van der Waals surface area contributed by atoms with Crippen LogP contribution >= 0.6 is 11.3 Å². The average Bonchev–Trinajstić information content (AvgIpc) is 3.24. The van der Waals surface area contributed by atoms with Crippen LogP contribution in [-0.4, -0.2) is 71.9 Å². The fourth-order valence-corrected chi connectivity index (χ4v) is 8.22. The van der Waals surface area contributed by atoms with Crippen LogP contribution in [0.25, 0.3) is 0 Å². The van der Waals surface area contributed by atoms with Crippen molar-refractivity contribution in [3.8, 4) is 0 Å². The van der Waals surface area contributed by atoms with Crippen molar-refractivity contribution in [2.45, 2.75) is 79.1 Å². The van der Waals surface area contributed by atoms with Gasteiger partial charge in [-0.25, -0.2) is 31.1 Å². The van der Waals surface area contributed by atoms with E-state index in [1.807, 2.05) is 6.92 Å². The number of sulfonamides is 1. The molecule has 35 heavy (non-hydrogen) atoms. The maximum absolute atomic E-state index is 12.8. The highest BCUT2D eigenvalue weighted by Gasteiger charge is 2.40. The lowest BCUT2D eigenvalue weighted by Crippen LogP contribution is -2.41. The summed E-state index contributed by atoms with van der Waals surface area (Å²) in [7, 11) is -6.90. The van der Waals surface area contributed by atoms with Gasteiger partial charge in [0.15, 0.2) is 28.1 Å². The van der Waals surface area contributed by atoms with Crippen molar-refractivity contribution in [1.29, 1.82) is 0 Å². The van der Waals surface area contributed by atoms with Gasteiger partial charge in [-0.2, -0.15) is 0 Å². The summed E-state index contributed by atoms with van der Waals surface area (Å²) in [6.07, 6.45) is -3.56. The molecule has 0 radical (unpaired) electrons. The number of hydrogen-bond acceptors (Lipinski definition) is 12. The van der Waals surface area contributed by atoms with Crippen molar-refractivity contribution in [2.24, 2.45) is 0 Å². The summed E-state index contributed by atoms with van der Waals surface area (Å²) >= 11 is 0.559. The fraction of sp³-hybridized carbons (Fsp3) is 0.650. The first kappa shape index (κ1) is 29.2. The van der Waals surface area contributed by atoms with Crippen molar-refractivity contribution >= 4 is 49.0 Å². The van der Waals surface area contributed by atoms with E-state index in [2.05, 4.69) is 5.32 Å². The molecule has 0 aromatic carbocycles. The molecule has 0 saturated heterocycles. The summed E-state index contributed by atoms with van der Waals surface area (Å²) in [6, 6.07) is 0.885. The molecule has 1 aromatic rings. The molecular formula is C20H30N2O10S3. The van der Waals surface area contributed by atoms with E-state index in [0.29, 0.717) is 23.4 Å². The molecule has 1 aromatic heterocycles. The Kier molecular flexibility index (Phi) is 9.44. The van der Waals surface area contributed by atoms with Crippen molar-refractivity contribution in [1.82, 2.24) is 10.0 Å². The van der Waals surface area contributed by atoms with Gasteiger partial charge in [0.1, 0.15) is 8.42 Å². The van der Waals surface area contributed by atoms with Gasteiger partial charge in [-0.1, -0.05) is 6.92 Å². The molecule has 0 aliphatic carbocycles. The quantitative estimate of drug-likeness (QED) is 0.389. The minimum atomic E-state index is -4.46. The van der Waals surface area contributed by atoms with Gasteiger partial charge in [0, 0.05) is 18.7 Å². The number of methoxy groups -OCH3 is 1. The third-order valence-electron chi connectivity index (χ3n) is 5.36. The summed E-state index contributed by atoms with van der Waals surface area (Å²) in [6.45, 7) is 7.73. The summed E-state index contributed by atoms with van der Waals surface area (Å²) in [5, 5.41) is 2.44. The Labute approximate surface area is 208 Å². The van der Waals surface area contributed by atoms with Crippen LogP contribution < -0.4 is 10.0 Å². The van der Waals surface area contributed by atoms with E-state index in [4.69, 9.17) is 14.2 Å². The van der Waals surface area contributed by atoms with Crippen LogP contribution in [0.3, 0.4) is 0 Å². The Hall–Kier alpha value is -2.07. The van der Waals surface area contributed by atoms with Crippen molar-refractivity contribution < 1.29 is 45.4 Å². The van der Waals surface area contributed by atoms with Crippen molar-refractivity contribution in [3.05, 3.63) is 11.6 Å². The molecule has 2 heterocycles. The van der Waals surface area contributed by atoms with E-state index in [1.54, 1.807) is 11.6 Å². The molecule has 198 valence electrons. The topological polar surface area (TPSA) is 171 Å². The lowest BCUT2D eigenvalue weighted by atomic mass is 10.1. The number of fused-ring (bicyclic) bond motifs is 1. The Morgan fingerprint density at radius 2 is 1.69 bits per heavy atom. The second kappa shape index (κ2) is 11.3. The van der Waals surface area contributed by atoms with Crippen LogP contribution in [0.5, 0.6) is 0 Å². The average molecular weight is 555 g/mol. The Morgan fingerprint density at radius 1 is 1.11 bits per heavy atom. The van der Waals surface area contributed by atoms with Gasteiger partial charge in [-0.05, 0) is 46.7 Å². The Balaban J connectivity index is 2.15. The number of carbonyl (C=O) groups is 3. The van der Waals surface area contributed by atoms with Crippen molar-refractivity contribution in [2.75, 3.05) is 13.7 Å². The molecule has 2 rings (SSSR count). The highest BCUT2D eigenvalue weighted by atomic mass is 32.3. The summed E-state index contributed by atoms with van der Waals surface area (Å²) < 4.78 is 67.1. The first-order valence-corrected chi connectivity index (χ1v) is 14.6. The predicted octanol–water partition coefficient (Wildman–Crippen LogP) is 0.668. The van der Waals surface area contributed by atoms with Crippen LogP contribution in [0.2, 0.25) is 0 Å². The lowest BCUT2D eigenvalue weighted by molar-refractivity contribution is -0.175. The monoisotopic (exact) mass is 554 g/mol. The molecule has 0 spiro atoms. The molecule has 5 atom stereocenters. The van der Waals surface area contributed by atoms with Gasteiger partial charge in [-0.3, -0.25) is 4.79 Å². The van der Waals surface area contributed by atoms with E-state index in [9.17, 15) is 31.2 Å². The standard InChI is InChI=1S/C20H30N2O10S3/c1-7-21-15-8-10(2)34(26,27)20-14(15)9-16(33-20)35(28,29)22-17(23)11(3)31-19(25)13(5)32-18(24)12(4)30-6/h9-13,15,21H,7-8H2,1-6H3,(H,22,23)/t10-,11?,12?,13?,15-/m0/s1. The van der Waals surface area contributed by atoms with E-state index >= 15 is 0 Å². The lowest BCUT2D eigenvalue weighted by Gasteiger charge is -2.27. The number of carbonyl (C=O) groups excluding carboxylic acids is 3. The molecule has 1 amide bonds. The summed E-state index contributed by atoms with van der Waals surface area (Å²) in [5.41, 5.74) is 0.336. The second-order valence-electron chi connectivity index (χ2n) is 8.02. The largest absolute Gasteiger partial charge is 0.450 e. The van der Waals surface area contributed by atoms with Gasteiger partial charge in [0.2, 0.25) is 0 Å². The zero-order chi connectivity index (χ0) is 26.7. The number of esters is 2. The molecule has 1 aliphatic rings. The fourth-order valence-electron chi connectivity index (χ4n) is 3.17. The normalized spacial score (nSPS) is 21.8. The molecular weight excluding hydrogens is 524 g/mol. The number of rotatable bonds is 10. The molecule has 3 unspecified atom stereocenters. The Morgan fingerprint density at radius 3 is 2.26 bits per heavy atom. The molecule has 0 bridgehead atoms. The van der Waals surface area contributed by atoms with Crippen molar-refractivity contribution in [3.63, 3.8) is 0 Å². The first-order chi connectivity index (χ1) is 16.1. The minimum absolute atomic E-state index is 0.0598. The highest BCUT2D eigenvalue weighted by Crippen LogP contribution is 2.42. The molecule has 15 heteroatoms. The van der Waals surface area contributed by atoms with E-state index < -0.39 is 61.3 Å². The number of amides is 1. The highest BCUT2D eigenvalue weighted by molar-refractivity contribution is 7.95. The Bertz CT molecular complexity index is 1180. The van der Waals surface area contributed by atoms with E-state index in [-0.39, 0.29) is 20.9 Å². The van der Waals surface area contributed by atoms with Crippen LogP contribution in [0.15, 0.2) is 14.5 Å².